The molecule has 1 aromatic carbocycles. The third-order valence-corrected chi connectivity index (χ3v) is 7.03. The molecule has 1 fully saturated rings. The largest absolute Gasteiger partial charge is 0.378 e. The molecule has 3 rings (SSSR count). The zero-order chi connectivity index (χ0) is 23.1. The molecule has 0 bridgehead atoms. The van der Waals surface area contributed by atoms with Crippen molar-refractivity contribution in [1.29, 1.82) is 0 Å². The summed E-state index contributed by atoms with van der Waals surface area (Å²) in [5.74, 6) is 1.35. The first-order chi connectivity index (χ1) is 15.3. The van der Waals surface area contributed by atoms with Crippen LogP contribution in [0.15, 0.2) is 35.4 Å². The third-order valence-electron chi connectivity index (χ3n) is 4.93. The number of hydrogen-bond acceptors (Lipinski definition) is 8. The van der Waals surface area contributed by atoms with Crippen LogP contribution < -0.4 is 15.0 Å². The Morgan fingerprint density at radius 3 is 2.62 bits per heavy atom. The molecule has 0 amide bonds. The van der Waals surface area contributed by atoms with Gasteiger partial charge in [-0.05, 0) is 32.8 Å². The fourth-order valence-corrected chi connectivity index (χ4v) is 5.13. The zero-order valence-electron chi connectivity index (χ0n) is 19.1. The maximum absolute atomic E-state index is 12.9. The Balaban J connectivity index is 1.93. The Labute approximate surface area is 190 Å². The van der Waals surface area contributed by atoms with Gasteiger partial charge in [-0.25, -0.2) is 23.1 Å². The van der Waals surface area contributed by atoms with Crippen molar-refractivity contribution in [3.05, 3.63) is 47.3 Å². The van der Waals surface area contributed by atoms with Crippen molar-refractivity contribution < 1.29 is 13.2 Å². The van der Waals surface area contributed by atoms with Gasteiger partial charge >= 0.3 is 0 Å². The van der Waals surface area contributed by atoms with E-state index in [0.717, 1.165) is 11.1 Å². The van der Waals surface area contributed by atoms with E-state index in [1.165, 1.54) is 0 Å². The molecule has 1 aliphatic rings. The molecule has 9 nitrogen and oxygen atoms in total. The van der Waals surface area contributed by atoms with Crippen LogP contribution in [0, 0.1) is 6.92 Å². The summed E-state index contributed by atoms with van der Waals surface area (Å²) in [6, 6.07) is 9.54. The van der Waals surface area contributed by atoms with Gasteiger partial charge in [0.05, 0.1) is 19.4 Å². The van der Waals surface area contributed by atoms with Crippen LogP contribution in [0.25, 0.3) is 0 Å². The van der Waals surface area contributed by atoms with Gasteiger partial charge in [-0.1, -0.05) is 36.8 Å². The van der Waals surface area contributed by atoms with Crippen molar-refractivity contribution in [1.82, 2.24) is 14.7 Å². The summed E-state index contributed by atoms with van der Waals surface area (Å²) >= 11 is 0. The van der Waals surface area contributed by atoms with E-state index in [0.29, 0.717) is 44.4 Å². The van der Waals surface area contributed by atoms with Gasteiger partial charge < -0.3 is 9.64 Å². The first-order valence-corrected chi connectivity index (χ1v) is 12.4. The number of anilines is 2. The molecule has 1 saturated heterocycles. The van der Waals surface area contributed by atoms with Crippen LogP contribution in [-0.4, -0.2) is 56.9 Å². The van der Waals surface area contributed by atoms with Gasteiger partial charge in [-0.15, -0.1) is 0 Å². The van der Waals surface area contributed by atoms with Crippen molar-refractivity contribution in [2.75, 3.05) is 36.6 Å². The summed E-state index contributed by atoms with van der Waals surface area (Å²) < 4.78 is 34.0. The Kier molecular flexibility index (Phi) is 8.16. The lowest BCUT2D eigenvalue weighted by Gasteiger charge is -2.28. The molecule has 0 radical (unpaired) electrons. The monoisotopic (exact) mass is 460 g/mol. The van der Waals surface area contributed by atoms with E-state index in [1.807, 2.05) is 38.1 Å². The fraction of sp³-hybridized carbons (Fsp3) is 0.500. The number of morpholine rings is 1. The van der Waals surface area contributed by atoms with Gasteiger partial charge in [-0.2, -0.15) is 5.10 Å². The molecule has 1 aromatic heterocycles. The molecular weight excluding hydrogens is 428 g/mol. The standard InChI is InChI=1S/C22H32N6O3S/c1-5-19(32(29,30)27-16(2)3)22-24-20(14-21(25-22)28-9-11-31-12-10-28)26-23-15-18-8-6-7-17(4)13-18/h6-8,13-16,19,27H,5,9-12H2,1-4H3,(H,24,25,26)/b23-15+. The number of aromatic nitrogens is 2. The highest BCUT2D eigenvalue weighted by Crippen LogP contribution is 2.27. The average molecular weight is 461 g/mol. The van der Waals surface area contributed by atoms with E-state index in [1.54, 1.807) is 26.1 Å². The van der Waals surface area contributed by atoms with Gasteiger partial charge in [0.1, 0.15) is 11.1 Å². The van der Waals surface area contributed by atoms with Crippen molar-refractivity contribution >= 4 is 27.9 Å². The SMILES string of the molecule is CCC(c1nc(N/N=C/c2cccc(C)c2)cc(N2CCOCC2)n1)S(=O)(=O)NC(C)C. The molecule has 1 aliphatic heterocycles. The Morgan fingerprint density at radius 1 is 1.22 bits per heavy atom. The number of sulfonamides is 1. The van der Waals surface area contributed by atoms with Crippen molar-refractivity contribution in [3.8, 4) is 0 Å². The molecule has 0 aliphatic carbocycles. The predicted octanol–water partition coefficient (Wildman–Crippen LogP) is 2.85. The summed E-state index contributed by atoms with van der Waals surface area (Å²) in [6.45, 7) is 9.97. The average Bonchev–Trinajstić information content (AvgIpc) is 2.74. The molecule has 174 valence electrons. The predicted molar refractivity (Wildman–Crippen MR) is 128 cm³/mol. The minimum absolute atomic E-state index is 0.215. The molecule has 32 heavy (non-hydrogen) atoms. The molecule has 1 atom stereocenters. The van der Waals surface area contributed by atoms with Crippen LogP contribution in [0.3, 0.4) is 0 Å². The molecule has 0 saturated carbocycles. The second-order valence-electron chi connectivity index (χ2n) is 8.07. The van der Waals surface area contributed by atoms with Gasteiger partial charge in [0.25, 0.3) is 0 Å². The van der Waals surface area contributed by atoms with Gasteiger partial charge in [0, 0.05) is 25.2 Å². The molecular formula is C22H32N6O3S. The number of hydrazone groups is 1. The number of nitrogens with one attached hydrogen (secondary N) is 2. The molecule has 1 unspecified atom stereocenters. The quantitative estimate of drug-likeness (QED) is 0.437. The highest BCUT2D eigenvalue weighted by Gasteiger charge is 2.30. The fourth-order valence-electron chi connectivity index (χ4n) is 3.48. The molecule has 10 heteroatoms. The molecule has 2 N–H and O–H groups in total. The summed E-state index contributed by atoms with van der Waals surface area (Å²) in [7, 11) is -3.64. The minimum atomic E-state index is -3.64. The van der Waals surface area contributed by atoms with E-state index in [2.05, 4.69) is 30.1 Å². The Bertz CT molecular complexity index is 1040. The number of rotatable bonds is 9. The van der Waals surface area contributed by atoms with E-state index < -0.39 is 15.3 Å². The van der Waals surface area contributed by atoms with Crippen molar-refractivity contribution in [2.24, 2.45) is 5.10 Å². The molecule has 0 spiro atoms. The van der Waals surface area contributed by atoms with Crippen LogP contribution in [0.4, 0.5) is 11.6 Å². The summed E-state index contributed by atoms with van der Waals surface area (Å²) in [6.07, 6.45) is 2.05. The van der Waals surface area contributed by atoms with Crippen LogP contribution >= 0.6 is 0 Å². The van der Waals surface area contributed by atoms with E-state index in [-0.39, 0.29) is 11.9 Å². The lowest BCUT2D eigenvalue weighted by Crippen LogP contribution is -2.38. The van der Waals surface area contributed by atoms with E-state index >= 15 is 0 Å². The van der Waals surface area contributed by atoms with Crippen LogP contribution in [0.2, 0.25) is 0 Å². The summed E-state index contributed by atoms with van der Waals surface area (Å²) in [5, 5.41) is 3.43. The lowest BCUT2D eigenvalue weighted by molar-refractivity contribution is 0.122. The van der Waals surface area contributed by atoms with Crippen molar-refractivity contribution in [2.45, 2.75) is 45.4 Å². The number of ether oxygens (including phenoxy) is 1. The third kappa shape index (κ3) is 6.47. The Morgan fingerprint density at radius 2 is 1.97 bits per heavy atom. The number of benzene rings is 1. The summed E-state index contributed by atoms with van der Waals surface area (Å²) in [5.41, 5.74) is 5.04. The maximum Gasteiger partial charge on any atom is 0.222 e. The van der Waals surface area contributed by atoms with Gasteiger partial charge in [0.2, 0.25) is 10.0 Å². The topological polar surface area (TPSA) is 109 Å². The van der Waals surface area contributed by atoms with E-state index in [4.69, 9.17) is 4.74 Å². The lowest BCUT2D eigenvalue weighted by atomic mass is 10.2. The second kappa shape index (κ2) is 10.8. The smallest absolute Gasteiger partial charge is 0.222 e. The second-order valence-corrected chi connectivity index (χ2v) is 9.96. The van der Waals surface area contributed by atoms with Gasteiger partial charge in [0.15, 0.2) is 11.6 Å². The zero-order valence-corrected chi connectivity index (χ0v) is 19.9. The minimum Gasteiger partial charge on any atom is -0.378 e. The van der Waals surface area contributed by atoms with Crippen molar-refractivity contribution in [3.63, 3.8) is 0 Å². The van der Waals surface area contributed by atoms with Crippen LogP contribution in [0.5, 0.6) is 0 Å². The maximum atomic E-state index is 12.9. The molecule has 2 heterocycles. The highest BCUT2D eigenvalue weighted by atomic mass is 32.2. The first kappa shape index (κ1) is 24.1. The normalized spacial score (nSPS) is 16.0. The molecule has 2 aromatic rings. The summed E-state index contributed by atoms with van der Waals surface area (Å²) in [4.78, 5) is 11.2. The number of nitrogens with zero attached hydrogens (tertiary/aromatic N) is 4. The highest BCUT2D eigenvalue weighted by molar-refractivity contribution is 7.89. The first-order valence-electron chi connectivity index (χ1n) is 10.9. The number of aryl methyl sites for hydroxylation is 1. The number of hydrogen-bond donors (Lipinski definition) is 2. The Hall–Kier alpha value is -2.56. The van der Waals surface area contributed by atoms with Crippen LogP contribution in [0.1, 0.15) is 49.4 Å². The van der Waals surface area contributed by atoms with Gasteiger partial charge in [-0.3, -0.25) is 5.43 Å². The van der Waals surface area contributed by atoms with E-state index in [9.17, 15) is 8.42 Å². The van der Waals surface area contributed by atoms with Crippen LogP contribution in [-0.2, 0) is 14.8 Å².